The van der Waals surface area contributed by atoms with Gasteiger partial charge in [-0.3, -0.25) is 10.1 Å². The van der Waals surface area contributed by atoms with Crippen LogP contribution in [0.5, 0.6) is 0 Å². The molecule has 4 nitrogen and oxygen atoms in total. The van der Waals surface area contributed by atoms with Gasteiger partial charge in [0.05, 0.1) is 0 Å². The van der Waals surface area contributed by atoms with Crippen molar-refractivity contribution < 1.29 is 4.79 Å². The van der Waals surface area contributed by atoms with Gasteiger partial charge >= 0.3 is 0 Å². The molecule has 0 unspecified atom stereocenters. The van der Waals surface area contributed by atoms with Gasteiger partial charge in [0.1, 0.15) is 5.01 Å². The van der Waals surface area contributed by atoms with E-state index in [4.69, 9.17) is 0 Å². The number of aromatic nitrogens is 2. The van der Waals surface area contributed by atoms with E-state index >= 15 is 0 Å². The van der Waals surface area contributed by atoms with Crippen molar-refractivity contribution in [2.45, 2.75) is 31.6 Å². The lowest BCUT2D eigenvalue weighted by molar-refractivity contribution is 0.102. The zero-order valence-electron chi connectivity index (χ0n) is 11.8. The number of amides is 1. The molecule has 0 radical (unpaired) electrons. The monoisotopic (exact) mass is 307 g/mol. The van der Waals surface area contributed by atoms with Crippen LogP contribution >= 0.6 is 23.1 Å². The molecular formula is C14H17N3OS2. The third-order valence-corrected chi connectivity index (χ3v) is 4.46. The summed E-state index contributed by atoms with van der Waals surface area (Å²) >= 11 is 3.06. The number of hydrogen-bond donors (Lipinski definition) is 1. The van der Waals surface area contributed by atoms with Gasteiger partial charge in [-0.1, -0.05) is 24.3 Å². The lowest BCUT2D eigenvalue weighted by Crippen LogP contribution is -2.13. The maximum Gasteiger partial charge on any atom is 0.257 e. The number of hydrogen-bond acceptors (Lipinski definition) is 5. The van der Waals surface area contributed by atoms with Crippen molar-refractivity contribution in [1.82, 2.24) is 10.2 Å². The summed E-state index contributed by atoms with van der Waals surface area (Å²) in [5, 5.41) is 12.4. The van der Waals surface area contributed by atoms with Gasteiger partial charge in [-0.25, -0.2) is 0 Å². The summed E-state index contributed by atoms with van der Waals surface area (Å²) in [4.78, 5) is 13.4. The number of anilines is 1. The van der Waals surface area contributed by atoms with E-state index in [1.807, 2.05) is 31.4 Å². The molecule has 20 heavy (non-hydrogen) atoms. The molecule has 0 bridgehead atoms. The number of thioether (sulfide) groups is 1. The number of nitrogens with zero attached hydrogens (tertiary/aromatic N) is 2. The normalized spacial score (nSPS) is 10.6. The molecule has 0 spiro atoms. The van der Waals surface area contributed by atoms with Crippen LogP contribution in [0.3, 0.4) is 0 Å². The van der Waals surface area contributed by atoms with Gasteiger partial charge < -0.3 is 0 Å². The molecule has 1 N–H and O–H groups in total. The smallest absolute Gasteiger partial charge is 0.257 e. The molecule has 0 aliphatic rings. The molecule has 0 fully saturated rings. The summed E-state index contributed by atoms with van der Waals surface area (Å²) in [6.07, 6.45) is 3.92. The van der Waals surface area contributed by atoms with Gasteiger partial charge in [0, 0.05) is 16.9 Å². The first-order valence-electron chi connectivity index (χ1n) is 6.42. The highest BCUT2D eigenvalue weighted by Gasteiger charge is 2.12. The summed E-state index contributed by atoms with van der Waals surface area (Å²) in [6.45, 7) is 4.03. The third kappa shape index (κ3) is 3.58. The van der Waals surface area contributed by atoms with Crippen LogP contribution in [0.1, 0.15) is 34.3 Å². The minimum Gasteiger partial charge on any atom is -0.296 e. The standard InChI is InChI=1S/C14H17N3OS2/c1-4-5-12-16-17-14(20-12)15-13(18)11-8-10(19-3)7-6-9(11)2/h6-8H,4-5H2,1-3H3,(H,15,17,18). The fourth-order valence-electron chi connectivity index (χ4n) is 1.76. The predicted octanol–water partition coefficient (Wildman–Crippen LogP) is 3.77. The van der Waals surface area contributed by atoms with Crippen molar-refractivity contribution in [3.63, 3.8) is 0 Å². The summed E-state index contributed by atoms with van der Waals surface area (Å²) in [7, 11) is 0. The van der Waals surface area contributed by atoms with Crippen molar-refractivity contribution in [2.75, 3.05) is 11.6 Å². The first-order chi connectivity index (χ1) is 9.63. The highest BCUT2D eigenvalue weighted by Crippen LogP contribution is 2.21. The maximum atomic E-state index is 12.3. The van der Waals surface area contributed by atoms with E-state index in [9.17, 15) is 4.79 Å². The summed E-state index contributed by atoms with van der Waals surface area (Å²) < 4.78 is 0. The van der Waals surface area contributed by atoms with E-state index in [1.54, 1.807) is 11.8 Å². The highest BCUT2D eigenvalue weighted by atomic mass is 32.2. The Labute approximate surface area is 127 Å². The molecule has 1 amide bonds. The van der Waals surface area contributed by atoms with Crippen LogP contribution < -0.4 is 5.32 Å². The second-order valence-corrected chi connectivity index (χ2v) is 6.33. The van der Waals surface area contributed by atoms with Gasteiger partial charge in [-0.2, -0.15) is 0 Å². The van der Waals surface area contributed by atoms with Crippen molar-refractivity contribution in [2.24, 2.45) is 0 Å². The summed E-state index contributed by atoms with van der Waals surface area (Å²) in [6, 6.07) is 5.88. The Morgan fingerprint density at radius 1 is 1.40 bits per heavy atom. The Bertz CT molecular complexity index is 610. The fraction of sp³-hybridized carbons (Fsp3) is 0.357. The second-order valence-electron chi connectivity index (χ2n) is 4.39. The predicted molar refractivity (Wildman–Crippen MR) is 84.8 cm³/mol. The van der Waals surface area contributed by atoms with Gasteiger partial charge in [-0.05, 0) is 37.3 Å². The van der Waals surface area contributed by atoms with Crippen molar-refractivity contribution in [3.05, 3.63) is 34.3 Å². The Kier molecular flexibility index (Phi) is 5.14. The van der Waals surface area contributed by atoms with Crippen LogP contribution in [0.25, 0.3) is 0 Å². The average molecular weight is 307 g/mol. The van der Waals surface area contributed by atoms with Crippen LogP contribution in [-0.2, 0) is 6.42 Å². The zero-order chi connectivity index (χ0) is 14.5. The summed E-state index contributed by atoms with van der Waals surface area (Å²) in [5.74, 6) is -0.127. The number of rotatable bonds is 5. The number of aryl methyl sites for hydroxylation is 2. The van der Waals surface area contributed by atoms with Crippen molar-refractivity contribution in [1.29, 1.82) is 0 Å². The average Bonchev–Trinajstić information content (AvgIpc) is 2.87. The molecule has 106 valence electrons. The molecule has 6 heteroatoms. The molecule has 0 aliphatic carbocycles. The van der Waals surface area contributed by atoms with E-state index in [2.05, 4.69) is 22.4 Å². The van der Waals surface area contributed by atoms with Crippen molar-refractivity contribution >= 4 is 34.1 Å². The molecule has 1 heterocycles. The highest BCUT2D eigenvalue weighted by molar-refractivity contribution is 7.98. The minimum absolute atomic E-state index is 0.127. The Hall–Kier alpha value is -1.40. The zero-order valence-corrected chi connectivity index (χ0v) is 13.4. The second kappa shape index (κ2) is 6.85. The summed E-state index contributed by atoms with van der Waals surface area (Å²) in [5.41, 5.74) is 1.64. The molecule has 2 rings (SSSR count). The molecular weight excluding hydrogens is 290 g/mol. The SMILES string of the molecule is CCCc1nnc(NC(=O)c2cc(SC)ccc2C)s1. The Morgan fingerprint density at radius 3 is 2.90 bits per heavy atom. The number of carbonyl (C=O) groups is 1. The Morgan fingerprint density at radius 2 is 2.20 bits per heavy atom. The number of carbonyl (C=O) groups excluding carboxylic acids is 1. The van der Waals surface area contributed by atoms with Crippen LogP contribution in [0, 0.1) is 6.92 Å². The number of nitrogens with one attached hydrogen (secondary N) is 1. The lowest BCUT2D eigenvalue weighted by atomic mass is 10.1. The maximum absolute atomic E-state index is 12.3. The molecule has 1 aromatic heterocycles. The molecule has 1 aromatic carbocycles. The molecule has 2 aromatic rings. The largest absolute Gasteiger partial charge is 0.296 e. The van der Waals surface area contributed by atoms with E-state index in [0.717, 1.165) is 28.3 Å². The minimum atomic E-state index is -0.127. The first kappa shape index (κ1) is 15.0. The van der Waals surface area contributed by atoms with Gasteiger partial charge in [-0.15, -0.1) is 22.0 Å². The van der Waals surface area contributed by atoms with E-state index in [-0.39, 0.29) is 5.91 Å². The molecule has 0 aliphatic heterocycles. The number of benzene rings is 1. The molecule has 0 saturated carbocycles. The van der Waals surface area contributed by atoms with Gasteiger partial charge in [0.15, 0.2) is 0 Å². The van der Waals surface area contributed by atoms with Crippen LogP contribution in [0.2, 0.25) is 0 Å². The molecule has 0 atom stereocenters. The fourth-order valence-corrected chi connectivity index (χ4v) is 3.03. The van der Waals surface area contributed by atoms with E-state index < -0.39 is 0 Å². The van der Waals surface area contributed by atoms with Gasteiger partial charge in [0.25, 0.3) is 5.91 Å². The van der Waals surface area contributed by atoms with Crippen molar-refractivity contribution in [3.8, 4) is 0 Å². The van der Waals surface area contributed by atoms with Crippen LogP contribution in [-0.4, -0.2) is 22.4 Å². The third-order valence-electron chi connectivity index (χ3n) is 2.84. The Balaban J connectivity index is 2.14. The topological polar surface area (TPSA) is 54.9 Å². The van der Waals surface area contributed by atoms with E-state index in [0.29, 0.717) is 10.7 Å². The molecule has 0 saturated heterocycles. The quantitative estimate of drug-likeness (QED) is 0.854. The van der Waals surface area contributed by atoms with Crippen LogP contribution in [0.15, 0.2) is 23.1 Å². The first-order valence-corrected chi connectivity index (χ1v) is 8.46. The lowest BCUT2D eigenvalue weighted by Gasteiger charge is -2.06. The van der Waals surface area contributed by atoms with Gasteiger partial charge in [0.2, 0.25) is 5.13 Å². The van der Waals surface area contributed by atoms with Crippen LogP contribution in [0.4, 0.5) is 5.13 Å². The van der Waals surface area contributed by atoms with E-state index in [1.165, 1.54) is 11.3 Å².